The number of amides is 2. The van der Waals surface area contributed by atoms with Crippen molar-refractivity contribution in [2.24, 2.45) is 23.7 Å². The van der Waals surface area contributed by atoms with Crippen LogP contribution in [0.25, 0.3) is 0 Å². The monoisotopic (exact) mass is 342 g/mol. The summed E-state index contributed by atoms with van der Waals surface area (Å²) in [6, 6.07) is 1.44. The lowest BCUT2D eigenvalue weighted by molar-refractivity contribution is -0.385. The highest BCUT2D eigenvalue weighted by molar-refractivity contribution is 6.06. The standard InChI is InChI=1S/C17H18N4O4/c1-9-6-12(21(24)25)8-19-15(9)18-4-5-20-16(22)13-10-2-3-11(7-10)14(13)17(20)23/h2-3,6,8,10-11,13-14H,4-5,7H2,1H3,(H,18,19). The van der Waals surface area contributed by atoms with Crippen molar-refractivity contribution in [2.75, 3.05) is 18.4 Å². The van der Waals surface area contributed by atoms with Crippen molar-refractivity contribution in [1.82, 2.24) is 9.88 Å². The molecule has 8 nitrogen and oxygen atoms in total. The van der Waals surface area contributed by atoms with E-state index in [0.29, 0.717) is 17.9 Å². The molecule has 1 saturated heterocycles. The normalized spacial score (nSPS) is 29.4. The number of hydrogen-bond acceptors (Lipinski definition) is 6. The molecule has 4 rings (SSSR count). The molecule has 2 aliphatic carbocycles. The van der Waals surface area contributed by atoms with E-state index in [1.165, 1.54) is 17.2 Å². The lowest BCUT2D eigenvalue weighted by Gasteiger charge is -2.18. The number of fused-ring (bicyclic) bond motifs is 5. The molecule has 2 fully saturated rings. The van der Waals surface area contributed by atoms with Gasteiger partial charge in [-0.15, -0.1) is 0 Å². The molecule has 2 heterocycles. The summed E-state index contributed by atoms with van der Waals surface area (Å²) < 4.78 is 0. The zero-order chi connectivity index (χ0) is 17.7. The SMILES string of the molecule is Cc1cc([N+](=O)[O-])cnc1NCCN1C(=O)C2C3C=CC(C3)C2C1=O. The van der Waals surface area contributed by atoms with Crippen LogP contribution in [0.3, 0.4) is 0 Å². The lowest BCUT2D eigenvalue weighted by Crippen LogP contribution is -2.36. The van der Waals surface area contributed by atoms with E-state index in [-0.39, 0.29) is 47.7 Å². The fourth-order valence-electron chi connectivity index (χ4n) is 4.32. The van der Waals surface area contributed by atoms with Gasteiger partial charge < -0.3 is 5.32 Å². The van der Waals surface area contributed by atoms with E-state index in [4.69, 9.17) is 0 Å². The molecular weight excluding hydrogens is 324 g/mol. The van der Waals surface area contributed by atoms with E-state index in [9.17, 15) is 19.7 Å². The number of pyridine rings is 1. The fraction of sp³-hybridized carbons (Fsp3) is 0.471. The van der Waals surface area contributed by atoms with Crippen LogP contribution in [0.1, 0.15) is 12.0 Å². The molecule has 2 amide bonds. The van der Waals surface area contributed by atoms with E-state index in [1.807, 2.05) is 0 Å². The molecular formula is C17H18N4O4. The molecule has 0 spiro atoms. The van der Waals surface area contributed by atoms with E-state index < -0.39 is 4.92 Å². The van der Waals surface area contributed by atoms with Crippen molar-refractivity contribution in [1.29, 1.82) is 0 Å². The van der Waals surface area contributed by atoms with Crippen molar-refractivity contribution < 1.29 is 14.5 Å². The molecule has 1 aliphatic heterocycles. The number of carbonyl (C=O) groups excluding carboxylic acids is 2. The summed E-state index contributed by atoms with van der Waals surface area (Å²) in [4.78, 5) is 40.8. The van der Waals surface area contributed by atoms with Crippen LogP contribution in [-0.2, 0) is 9.59 Å². The zero-order valence-corrected chi connectivity index (χ0v) is 13.7. The number of nitro groups is 1. The van der Waals surface area contributed by atoms with Gasteiger partial charge in [0.2, 0.25) is 11.8 Å². The summed E-state index contributed by atoms with van der Waals surface area (Å²) in [5, 5.41) is 13.8. The average Bonchev–Trinajstić information content (AvgIpc) is 3.25. The van der Waals surface area contributed by atoms with E-state index in [1.54, 1.807) is 6.92 Å². The quantitative estimate of drug-likeness (QED) is 0.376. The highest BCUT2D eigenvalue weighted by atomic mass is 16.6. The Kier molecular flexibility index (Phi) is 3.55. The lowest BCUT2D eigenvalue weighted by atomic mass is 9.85. The summed E-state index contributed by atoms with van der Waals surface area (Å²) in [6.07, 6.45) is 6.26. The largest absolute Gasteiger partial charge is 0.368 e. The Balaban J connectivity index is 1.39. The number of rotatable bonds is 5. The third-order valence-corrected chi connectivity index (χ3v) is 5.46. The Labute approximate surface area is 144 Å². The molecule has 25 heavy (non-hydrogen) atoms. The van der Waals surface area contributed by atoms with E-state index in [0.717, 1.165) is 6.42 Å². The summed E-state index contributed by atoms with van der Waals surface area (Å²) in [5.74, 6) is 0.449. The molecule has 8 heteroatoms. The first-order chi connectivity index (χ1) is 12.0. The van der Waals surface area contributed by atoms with Crippen molar-refractivity contribution >= 4 is 23.3 Å². The van der Waals surface area contributed by atoms with Gasteiger partial charge in [-0.1, -0.05) is 12.2 Å². The minimum atomic E-state index is -0.494. The molecule has 4 unspecified atom stereocenters. The highest BCUT2D eigenvalue weighted by Gasteiger charge is 2.58. The second-order valence-electron chi connectivity index (χ2n) is 6.87. The smallest absolute Gasteiger partial charge is 0.287 e. The van der Waals surface area contributed by atoms with Gasteiger partial charge in [-0.05, 0) is 30.7 Å². The van der Waals surface area contributed by atoms with Crippen LogP contribution >= 0.6 is 0 Å². The molecule has 1 saturated carbocycles. The summed E-state index contributed by atoms with van der Waals surface area (Å²) in [6.45, 7) is 2.37. The van der Waals surface area contributed by atoms with Crippen LogP contribution in [0, 0.1) is 40.7 Å². The van der Waals surface area contributed by atoms with Crippen LogP contribution < -0.4 is 5.32 Å². The van der Waals surface area contributed by atoms with Crippen molar-refractivity contribution in [3.05, 3.63) is 40.1 Å². The Bertz CT molecular complexity index is 776. The molecule has 0 aromatic carbocycles. The van der Waals surface area contributed by atoms with Gasteiger partial charge in [0, 0.05) is 19.2 Å². The van der Waals surface area contributed by atoms with E-state index >= 15 is 0 Å². The van der Waals surface area contributed by atoms with Crippen LogP contribution in [0.2, 0.25) is 0 Å². The van der Waals surface area contributed by atoms with Crippen LogP contribution in [0.15, 0.2) is 24.4 Å². The maximum atomic E-state index is 12.6. The number of aromatic nitrogens is 1. The summed E-state index contributed by atoms with van der Waals surface area (Å²) in [7, 11) is 0. The number of anilines is 1. The predicted molar refractivity (Wildman–Crippen MR) is 88.6 cm³/mol. The molecule has 0 radical (unpaired) electrons. The highest BCUT2D eigenvalue weighted by Crippen LogP contribution is 2.52. The van der Waals surface area contributed by atoms with Crippen molar-refractivity contribution in [3.8, 4) is 0 Å². The van der Waals surface area contributed by atoms with Gasteiger partial charge in [0.15, 0.2) is 0 Å². The fourth-order valence-corrected chi connectivity index (χ4v) is 4.32. The second kappa shape index (κ2) is 5.65. The van der Waals surface area contributed by atoms with Gasteiger partial charge in [-0.3, -0.25) is 24.6 Å². The Hall–Kier alpha value is -2.77. The maximum Gasteiger partial charge on any atom is 0.287 e. The minimum Gasteiger partial charge on any atom is -0.368 e. The number of nitrogens with zero attached hydrogens (tertiary/aromatic N) is 3. The van der Waals surface area contributed by atoms with Crippen LogP contribution in [0.5, 0.6) is 0 Å². The third kappa shape index (κ3) is 2.40. The summed E-state index contributed by atoms with van der Waals surface area (Å²) >= 11 is 0. The first-order valence-electron chi connectivity index (χ1n) is 8.36. The third-order valence-electron chi connectivity index (χ3n) is 5.46. The Morgan fingerprint density at radius 2 is 1.92 bits per heavy atom. The van der Waals surface area contributed by atoms with Crippen molar-refractivity contribution in [2.45, 2.75) is 13.3 Å². The Morgan fingerprint density at radius 3 is 2.48 bits per heavy atom. The van der Waals surface area contributed by atoms with Gasteiger partial charge >= 0.3 is 0 Å². The first-order valence-corrected chi connectivity index (χ1v) is 8.36. The zero-order valence-electron chi connectivity index (χ0n) is 13.7. The number of aryl methyl sites for hydroxylation is 1. The number of nitrogens with one attached hydrogen (secondary N) is 1. The number of likely N-dealkylation sites (tertiary alicyclic amines) is 1. The number of carbonyl (C=O) groups is 2. The van der Waals surface area contributed by atoms with Crippen LogP contribution in [0.4, 0.5) is 11.5 Å². The van der Waals surface area contributed by atoms with Crippen LogP contribution in [-0.4, -0.2) is 39.7 Å². The first kappa shape index (κ1) is 15.7. The summed E-state index contributed by atoms with van der Waals surface area (Å²) in [5.41, 5.74) is 0.580. The maximum absolute atomic E-state index is 12.6. The van der Waals surface area contributed by atoms with Crippen molar-refractivity contribution in [3.63, 3.8) is 0 Å². The number of hydrogen-bond donors (Lipinski definition) is 1. The number of imide groups is 1. The molecule has 4 atom stereocenters. The minimum absolute atomic E-state index is 0.0660. The van der Waals surface area contributed by atoms with Gasteiger partial charge in [0.05, 0.1) is 16.8 Å². The molecule has 1 N–H and O–H groups in total. The molecule has 1 aromatic heterocycles. The van der Waals surface area contributed by atoms with Gasteiger partial charge in [0.1, 0.15) is 12.0 Å². The number of allylic oxidation sites excluding steroid dienone is 2. The van der Waals surface area contributed by atoms with E-state index in [2.05, 4.69) is 22.5 Å². The Morgan fingerprint density at radius 1 is 1.28 bits per heavy atom. The topological polar surface area (TPSA) is 105 Å². The van der Waals surface area contributed by atoms with Gasteiger partial charge in [-0.25, -0.2) is 4.98 Å². The molecule has 130 valence electrons. The molecule has 1 aromatic rings. The van der Waals surface area contributed by atoms with Gasteiger partial charge in [-0.2, -0.15) is 0 Å². The average molecular weight is 342 g/mol. The predicted octanol–water partition coefficient (Wildman–Crippen LogP) is 1.52. The molecule has 2 bridgehead atoms. The van der Waals surface area contributed by atoms with Gasteiger partial charge in [0.25, 0.3) is 5.69 Å². The second-order valence-corrected chi connectivity index (χ2v) is 6.87. The molecule has 3 aliphatic rings.